The highest BCUT2D eigenvalue weighted by Crippen LogP contribution is 2.32. The summed E-state index contributed by atoms with van der Waals surface area (Å²) in [5.41, 5.74) is 0. The molecule has 1 aromatic heterocycles. The standard InChI is InChI=1S/C13H21BrN4O/c1-3-15-12-11(14)13(17-9-16-12)18-6-4-5-10(7-18)8-19-2/h9-10H,3-8H2,1-2H3,(H,15,16,17). The van der Waals surface area contributed by atoms with E-state index in [0.717, 1.165) is 42.3 Å². The predicted octanol–water partition coefficient (Wildman–Crippen LogP) is 2.53. The minimum absolute atomic E-state index is 0.586. The number of nitrogens with one attached hydrogen (secondary N) is 1. The minimum atomic E-state index is 0.586. The van der Waals surface area contributed by atoms with Gasteiger partial charge in [-0.3, -0.25) is 0 Å². The van der Waals surface area contributed by atoms with Crippen LogP contribution in [-0.2, 0) is 4.74 Å². The molecule has 0 aliphatic carbocycles. The van der Waals surface area contributed by atoms with E-state index in [1.807, 2.05) is 0 Å². The molecule has 1 N–H and O–H groups in total. The van der Waals surface area contributed by atoms with E-state index in [0.29, 0.717) is 5.92 Å². The van der Waals surface area contributed by atoms with Gasteiger partial charge in [-0.25, -0.2) is 9.97 Å². The van der Waals surface area contributed by atoms with E-state index < -0.39 is 0 Å². The van der Waals surface area contributed by atoms with Gasteiger partial charge in [-0.2, -0.15) is 0 Å². The molecule has 1 aliphatic heterocycles. The molecule has 0 radical (unpaired) electrons. The van der Waals surface area contributed by atoms with Crippen molar-refractivity contribution >= 4 is 27.6 Å². The Kier molecular flexibility index (Phi) is 5.39. The van der Waals surface area contributed by atoms with Crippen LogP contribution in [0.25, 0.3) is 0 Å². The van der Waals surface area contributed by atoms with Crippen LogP contribution in [0.2, 0.25) is 0 Å². The van der Waals surface area contributed by atoms with E-state index in [1.54, 1.807) is 13.4 Å². The Labute approximate surface area is 122 Å². The third kappa shape index (κ3) is 3.57. The van der Waals surface area contributed by atoms with Crippen LogP contribution in [0.15, 0.2) is 10.8 Å². The zero-order chi connectivity index (χ0) is 13.7. The maximum absolute atomic E-state index is 5.27. The molecule has 0 aromatic carbocycles. The average Bonchev–Trinajstić information content (AvgIpc) is 2.42. The summed E-state index contributed by atoms with van der Waals surface area (Å²) in [5, 5.41) is 3.24. The van der Waals surface area contributed by atoms with Crippen molar-refractivity contribution in [3.63, 3.8) is 0 Å². The summed E-state index contributed by atoms with van der Waals surface area (Å²) in [6.45, 7) is 5.76. The number of ether oxygens (including phenoxy) is 1. The molecule has 1 fully saturated rings. The van der Waals surface area contributed by atoms with E-state index in [2.05, 4.69) is 43.0 Å². The van der Waals surface area contributed by atoms with Crippen molar-refractivity contribution in [2.75, 3.05) is 43.6 Å². The van der Waals surface area contributed by atoms with Crippen LogP contribution >= 0.6 is 15.9 Å². The summed E-state index contributed by atoms with van der Waals surface area (Å²) < 4.78 is 6.23. The van der Waals surface area contributed by atoms with Crippen LogP contribution in [0.1, 0.15) is 19.8 Å². The van der Waals surface area contributed by atoms with Gasteiger partial charge in [-0.05, 0) is 41.6 Å². The van der Waals surface area contributed by atoms with Gasteiger partial charge in [0.15, 0.2) is 0 Å². The van der Waals surface area contributed by atoms with Crippen LogP contribution in [-0.4, -0.2) is 43.3 Å². The first-order valence-corrected chi connectivity index (χ1v) is 7.53. The lowest BCUT2D eigenvalue weighted by Crippen LogP contribution is -2.37. The Morgan fingerprint density at radius 2 is 2.37 bits per heavy atom. The number of halogens is 1. The van der Waals surface area contributed by atoms with E-state index >= 15 is 0 Å². The first-order chi connectivity index (χ1) is 9.26. The second kappa shape index (κ2) is 7.05. The van der Waals surface area contributed by atoms with Crippen LogP contribution in [0.5, 0.6) is 0 Å². The molecule has 1 saturated heterocycles. The van der Waals surface area contributed by atoms with Crippen molar-refractivity contribution in [3.8, 4) is 0 Å². The van der Waals surface area contributed by atoms with E-state index in [1.165, 1.54) is 12.8 Å². The molecule has 1 aliphatic rings. The zero-order valence-corrected chi connectivity index (χ0v) is 13.1. The second-order valence-corrected chi connectivity index (χ2v) is 5.59. The monoisotopic (exact) mass is 328 g/mol. The summed E-state index contributed by atoms with van der Waals surface area (Å²) in [6, 6.07) is 0. The maximum Gasteiger partial charge on any atom is 0.148 e. The highest BCUT2D eigenvalue weighted by atomic mass is 79.9. The fraction of sp³-hybridized carbons (Fsp3) is 0.692. The van der Waals surface area contributed by atoms with Crippen molar-refractivity contribution < 1.29 is 4.74 Å². The second-order valence-electron chi connectivity index (χ2n) is 4.80. The number of rotatable bonds is 5. The largest absolute Gasteiger partial charge is 0.384 e. The molecule has 1 aromatic rings. The lowest BCUT2D eigenvalue weighted by molar-refractivity contribution is 0.143. The number of aromatic nitrogens is 2. The molecule has 19 heavy (non-hydrogen) atoms. The lowest BCUT2D eigenvalue weighted by atomic mass is 9.99. The molecule has 2 heterocycles. The van der Waals surface area contributed by atoms with Crippen molar-refractivity contribution in [1.82, 2.24) is 9.97 Å². The number of anilines is 2. The van der Waals surface area contributed by atoms with Crippen LogP contribution in [0.4, 0.5) is 11.6 Å². The molecule has 0 amide bonds. The van der Waals surface area contributed by atoms with Gasteiger partial charge in [-0.1, -0.05) is 0 Å². The van der Waals surface area contributed by atoms with Gasteiger partial charge in [0.2, 0.25) is 0 Å². The first-order valence-electron chi connectivity index (χ1n) is 6.74. The number of nitrogens with zero attached hydrogens (tertiary/aromatic N) is 3. The Morgan fingerprint density at radius 3 is 3.11 bits per heavy atom. The molecule has 106 valence electrons. The number of hydrogen-bond donors (Lipinski definition) is 1. The summed E-state index contributed by atoms with van der Waals surface area (Å²) >= 11 is 3.62. The topological polar surface area (TPSA) is 50.3 Å². The molecule has 0 saturated carbocycles. The van der Waals surface area contributed by atoms with Gasteiger partial charge in [0.05, 0.1) is 6.61 Å². The van der Waals surface area contributed by atoms with Crippen molar-refractivity contribution in [1.29, 1.82) is 0 Å². The molecule has 2 rings (SSSR count). The smallest absolute Gasteiger partial charge is 0.148 e. The van der Waals surface area contributed by atoms with Crippen LogP contribution in [0.3, 0.4) is 0 Å². The van der Waals surface area contributed by atoms with Crippen molar-refractivity contribution in [3.05, 3.63) is 10.8 Å². The van der Waals surface area contributed by atoms with E-state index in [4.69, 9.17) is 4.74 Å². The Morgan fingerprint density at radius 1 is 1.53 bits per heavy atom. The third-order valence-electron chi connectivity index (χ3n) is 3.34. The molecular weight excluding hydrogens is 308 g/mol. The lowest BCUT2D eigenvalue weighted by Gasteiger charge is -2.33. The predicted molar refractivity (Wildman–Crippen MR) is 80.7 cm³/mol. The summed E-state index contributed by atoms with van der Waals surface area (Å²) in [6.07, 6.45) is 4.03. The summed E-state index contributed by atoms with van der Waals surface area (Å²) in [7, 11) is 1.77. The van der Waals surface area contributed by atoms with Gasteiger partial charge in [-0.15, -0.1) is 0 Å². The summed E-state index contributed by atoms with van der Waals surface area (Å²) in [4.78, 5) is 11.0. The van der Waals surface area contributed by atoms with Crippen molar-refractivity contribution in [2.24, 2.45) is 5.92 Å². The van der Waals surface area contributed by atoms with Gasteiger partial charge in [0.25, 0.3) is 0 Å². The van der Waals surface area contributed by atoms with Gasteiger partial charge >= 0.3 is 0 Å². The summed E-state index contributed by atoms with van der Waals surface area (Å²) in [5.74, 6) is 2.43. The average molecular weight is 329 g/mol. The number of hydrogen-bond acceptors (Lipinski definition) is 5. The number of methoxy groups -OCH3 is 1. The zero-order valence-electron chi connectivity index (χ0n) is 11.5. The fourth-order valence-electron chi connectivity index (χ4n) is 2.50. The fourth-order valence-corrected chi connectivity index (χ4v) is 3.10. The first kappa shape index (κ1) is 14.5. The SMILES string of the molecule is CCNc1ncnc(N2CCCC(COC)C2)c1Br. The minimum Gasteiger partial charge on any atom is -0.384 e. The molecule has 0 bridgehead atoms. The Balaban J connectivity index is 2.14. The number of piperidine rings is 1. The third-order valence-corrected chi connectivity index (χ3v) is 4.07. The molecule has 5 nitrogen and oxygen atoms in total. The van der Waals surface area contributed by atoms with E-state index in [-0.39, 0.29) is 0 Å². The van der Waals surface area contributed by atoms with Gasteiger partial charge in [0.1, 0.15) is 22.4 Å². The highest BCUT2D eigenvalue weighted by molar-refractivity contribution is 9.10. The molecular formula is C13H21BrN4O. The van der Waals surface area contributed by atoms with Gasteiger partial charge < -0.3 is 15.0 Å². The normalized spacial score (nSPS) is 19.5. The Hall–Kier alpha value is -0.880. The Bertz CT molecular complexity index is 414. The maximum atomic E-state index is 5.27. The van der Waals surface area contributed by atoms with Crippen LogP contribution in [0, 0.1) is 5.92 Å². The van der Waals surface area contributed by atoms with Crippen LogP contribution < -0.4 is 10.2 Å². The van der Waals surface area contributed by atoms with Crippen molar-refractivity contribution in [2.45, 2.75) is 19.8 Å². The molecule has 1 atom stereocenters. The highest BCUT2D eigenvalue weighted by Gasteiger charge is 2.23. The molecule has 1 unspecified atom stereocenters. The quantitative estimate of drug-likeness (QED) is 0.900. The molecule has 6 heteroatoms. The van der Waals surface area contributed by atoms with Gasteiger partial charge in [0, 0.05) is 26.7 Å². The molecule has 0 spiro atoms. The van der Waals surface area contributed by atoms with E-state index in [9.17, 15) is 0 Å².